The highest BCUT2D eigenvalue weighted by molar-refractivity contribution is 7.92. The molecule has 0 aliphatic rings. The summed E-state index contributed by atoms with van der Waals surface area (Å²) in [6, 6.07) is 10.2. The van der Waals surface area contributed by atoms with Crippen LogP contribution in [-0.2, 0) is 19.9 Å². The molecule has 120 valence electrons. The van der Waals surface area contributed by atoms with Gasteiger partial charge in [0.25, 0.3) is 10.0 Å². The molecule has 0 aliphatic carbocycles. The highest BCUT2D eigenvalue weighted by Gasteiger charge is 2.17. The van der Waals surface area contributed by atoms with Crippen LogP contribution in [0.3, 0.4) is 0 Å². The molecule has 0 amide bonds. The highest BCUT2D eigenvalue weighted by Crippen LogP contribution is 2.24. The lowest BCUT2D eigenvalue weighted by molar-refractivity contribution is 0.597. The van der Waals surface area contributed by atoms with Gasteiger partial charge in [0.05, 0.1) is 27.2 Å². The van der Waals surface area contributed by atoms with E-state index >= 15 is 0 Å². The molecule has 0 fully saturated rings. The van der Waals surface area contributed by atoms with Gasteiger partial charge in [0.1, 0.15) is 0 Å². The lowest BCUT2D eigenvalue weighted by Gasteiger charge is -2.09. The smallest absolute Gasteiger partial charge is 0.261 e. The molecule has 0 saturated heterocycles. The van der Waals surface area contributed by atoms with Crippen LogP contribution in [0, 0.1) is 0 Å². The molecule has 0 spiro atoms. The van der Waals surface area contributed by atoms with Crippen molar-refractivity contribution in [2.24, 2.45) is 0 Å². The number of hydrogen-bond donors (Lipinski definition) is 2. The maximum absolute atomic E-state index is 12.4. The summed E-state index contributed by atoms with van der Waals surface area (Å²) in [4.78, 5) is 0.0405. The summed E-state index contributed by atoms with van der Waals surface area (Å²) in [5, 5.41) is 7.28. The van der Waals surface area contributed by atoms with E-state index in [1.165, 1.54) is 30.5 Å². The van der Waals surface area contributed by atoms with Crippen LogP contribution in [0.25, 0.3) is 10.9 Å². The zero-order valence-electron chi connectivity index (χ0n) is 12.0. The zero-order valence-corrected chi connectivity index (χ0v) is 13.6. The van der Waals surface area contributed by atoms with Crippen LogP contribution in [-0.4, -0.2) is 33.3 Å². The normalized spacial score (nSPS) is 12.4. The van der Waals surface area contributed by atoms with E-state index in [1.807, 2.05) is 0 Å². The number of nitrogens with zero attached hydrogens (tertiary/aromatic N) is 1. The minimum absolute atomic E-state index is 0.0228. The van der Waals surface area contributed by atoms with Crippen LogP contribution >= 0.6 is 0 Å². The first-order valence-corrected chi connectivity index (χ1v) is 9.90. The SMILES string of the molecule is CS(=O)(=O)c1ccc(S(=O)(=O)Nc2cccc3[nH]ncc23)cc1. The molecule has 0 atom stereocenters. The van der Waals surface area contributed by atoms with Crippen LogP contribution in [0.5, 0.6) is 0 Å². The Labute approximate surface area is 133 Å². The first-order valence-electron chi connectivity index (χ1n) is 6.52. The quantitative estimate of drug-likeness (QED) is 0.744. The van der Waals surface area contributed by atoms with Crippen molar-refractivity contribution < 1.29 is 16.8 Å². The molecule has 2 aromatic carbocycles. The summed E-state index contributed by atoms with van der Waals surface area (Å²) in [5.74, 6) is 0. The number of H-pyrrole nitrogens is 1. The van der Waals surface area contributed by atoms with E-state index in [1.54, 1.807) is 18.2 Å². The molecule has 3 rings (SSSR count). The molecule has 1 aromatic heterocycles. The van der Waals surface area contributed by atoms with Gasteiger partial charge in [0, 0.05) is 11.6 Å². The number of rotatable bonds is 4. The summed E-state index contributed by atoms with van der Waals surface area (Å²) in [6.07, 6.45) is 2.59. The van der Waals surface area contributed by atoms with Gasteiger partial charge in [0.15, 0.2) is 9.84 Å². The van der Waals surface area contributed by atoms with Gasteiger partial charge in [-0.25, -0.2) is 16.8 Å². The van der Waals surface area contributed by atoms with Crippen molar-refractivity contribution in [3.8, 4) is 0 Å². The van der Waals surface area contributed by atoms with Crippen LogP contribution in [0.2, 0.25) is 0 Å². The van der Waals surface area contributed by atoms with Gasteiger partial charge in [-0.15, -0.1) is 0 Å². The fraction of sp³-hybridized carbons (Fsp3) is 0.0714. The van der Waals surface area contributed by atoms with E-state index in [0.717, 1.165) is 6.26 Å². The third-order valence-electron chi connectivity index (χ3n) is 3.29. The van der Waals surface area contributed by atoms with Crippen molar-refractivity contribution in [3.05, 3.63) is 48.7 Å². The van der Waals surface area contributed by atoms with Crippen molar-refractivity contribution in [1.29, 1.82) is 0 Å². The fourth-order valence-corrected chi connectivity index (χ4v) is 3.84. The van der Waals surface area contributed by atoms with E-state index in [0.29, 0.717) is 16.6 Å². The van der Waals surface area contributed by atoms with Gasteiger partial charge in [-0.2, -0.15) is 5.10 Å². The van der Waals surface area contributed by atoms with Gasteiger partial charge in [-0.1, -0.05) is 6.07 Å². The van der Waals surface area contributed by atoms with Gasteiger partial charge in [-0.3, -0.25) is 9.82 Å². The van der Waals surface area contributed by atoms with Crippen LogP contribution in [0.4, 0.5) is 5.69 Å². The van der Waals surface area contributed by atoms with Crippen LogP contribution < -0.4 is 4.72 Å². The Morgan fingerprint density at radius 3 is 2.26 bits per heavy atom. The largest absolute Gasteiger partial charge is 0.279 e. The molecular weight excluding hydrogens is 338 g/mol. The van der Waals surface area contributed by atoms with Crippen molar-refractivity contribution in [2.75, 3.05) is 11.0 Å². The molecule has 23 heavy (non-hydrogen) atoms. The highest BCUT2D eigenvalue weighted by atomic mass is 32.2. The Morgan fingerprint density at radius 2 is 1.61 bits per heavy atom. The minimum Gasteiger partial charge on any atom is -0.279 e. The monoisotopic (exact) mass is 351 g/mol. The second kappa shape index (κ2) is 5.36. The van der Waals surface area contributed by atoms with E-state index in [2.05, 4.69) is 14.9 Å². The predicted octanol–water partition coefficient (Wildman–Crippen LogP) is 1.77. The lowest BCUT2D eigenvalue weighted by atomic mass is 10.2. The summed E-state index contributed by atoms with van der Waals surface area (Å²) >= 11 is 0. The Kier molecular flexibility index (Phi) is 3.61. The summed E-state index contributed by atoms with van der Waals surface area (Å²) in [6.45, 7) is 0. The second-order valence-corrected chi connectivity index (χ2v) is 8.68. The first kappa shape index (κ1) is 15.5. The molecule has 0 bridgehead atoms. The molecule has 1 heterocycles. The lowest BCUT2D eigenvalue weighted by Crippen LogP contribution is -2.13. The molecule has 3 aromatic rings. The number of sulfone groups is 1. The van der Waals surface area contributed by atoms with Gasteiger partial charge in [-0.05, 0) is 36.4 Å². The number of benzene rings is 2. The number of aromatic amines is 1. The van der Waals surface area contributed by atoms with E-state index in [9.17, 15) is 16.8 Å². The molecule has 0 saturated carbocycles. The van der Waals surface area contributed by atoms with E-state index < -0.39 is 19.9 Å². The number of hydrogen-bond acceptors (Lipinski definition) is 5. The Morgan fingerprint density at radius 1 is 0.957 bits per heavy atom. The molecule has 0 radical (unpaired) electrons. The third-order valence-corrected chi connectivity index (χ3v) is 5.80. The van der Waals surface area contributed by atoms with Crippen molar-refractivity contribution in [2.45, 2.75) is 9.79 Å². The standard InChI is InChI=1S/C14H13N3O4S2/c1-22(18,19)10-5-7-11(8-6-10)23(20,21)17-14-4-2-3-13-12(14)9-15-16-13/h2-9,17H,1H3,(H,15,16). The topological polar surface area (TPSA) is 109 Å². The zero-order chi connectivity index (χ0) is 16.7. The van der Waals surface area contributed by atoms with Crippen LogP contribution in [0.1, 0.15) is 0 Å². The average Bonchev–Trinajstić information content (AvgIpc) is 2.96. The maximum Gasteiger partial charge on any atom is 0.261 e. The van der Waals surface area contributed by atoms with Gasteiger partial charge in [0.2, 0.25) is 0 Å². The summed E-state index contributed by atoms with van der Waals surface area (Å²) < 4.78 is 50.2. The number of sulfonamides is 1. The number of nitrogens with one attached hydrogen (secondary N) is 2. The van der Waals surface area contributed by atoms with Crippen molar-refractivity contribution in [1.82, 2.24) is 10.2 Å². The number of fused-ring (bicyclic) bond motifs is 1. The van der Waals surface area contributed by atoms with Gasteiger partial charge >= 0.3 is 0 Å². The number of aromatic nitrogens is 2. The van der Waals surface area contributed by atoms with Gasteiger partial charge < -0.3 is 0 Å². The summed E-state index contributed by atoms with van der Waals surface area (Å²) in [7, 11) is -7.20. The van der Waals surface area contributed by atoms with Crippen molar-refractivity contribution >= 4 is 36.5 Å². The molecule has 0 aliphatic heterocycles. The molecule has 2 N–H and O–H groups in total. The Bertz CT molecular complexity index is 1070. The maximum atomic E-state index is 12.4. The number of anilines is 1. The fourth-order valence-electron chi connectivity index (χ4n) is 2.13. The summed E-state index contributed by atoms with van der Waals surface area (Å²) in [5.41, 5.74) is 1.10. The first-order chi connectivity index (χ1) is 10.8. The van der Waals surface area contributed by atoms with E-state index in [-0.39, 0.29) is 9.79 Å². The molecule has 9 heteroatoms. The third kappa shape index (κ3) is 3.06. The van der Waals surface area contributed by atoms with E-state index in [4.69, 9.17) is 0 Å². The Balaban J connectivity index is 1.97. The molecular formula is C14H13N3O4S2. The second-order valence-electron chi connectivity index (χ2n) is 4.99. The minimum atomic E-state index is -3.83. The van der Waals surface area contributed by atoms with Crippen molar-refractivity contribution in [3.63, 3.8) is 0 Å². The average molecular weight is 351 g/mol. The van der Waals surface area contributed by atoms with Crippen LogP contribution in [0.15, 0.2) is 58.5 Å². The predicted molar refractivity (Wildman–Crippen MR) is 86.5 cm³/mol. The Hall–Kier alpha value is -2.39. The molecule has 0 unspecified atom stereocenters. The molecule has 7 nitrogen and oxygen atoms in total.